The third kappa shape index (κ3) is 4.79. The van der Waals surface area contributed by atoms with Crippen LogP contribution in [0.25, 0.3) is 0 Å². The van der Waals surface area contributed by atoms with Crippen LogP contribution in [0.1, 0.15) is 21.5 Å². The number of carbonyl (C=O) groups is 1. The topological polar surface area (TPSA) is 55.8 Å². The Labute approximate surface area is 152 Å². The molecule has 3 aromatic carbocycles. The van der Waals surface area contributed by atoms with Crippen molar-refractivity contribution in [2.45, 2.75) is 19.5 Å². The minimum atomic E-state index is -1.11. The number of benzene rings is 3. The Morgan fingerprint density at radius 2 is 1.19 bits per heavy atom. The summed E-state index contributed by atoms with van der Waals surface area (Å²) < 4.78 is 11.5. The second-order valence-electron chi connectivity index (χ2n) is 5.81. The quantitative estimate of drug-likeness (QED) is 0.486. The highest BCUT2D eigenvalue weighted by Crippen LogP contribution is 2.20. The van der Waals surface area contributed by atoms with Gasteiger partial charge in [-0.1, -0.05) is 72.8 Å². The van der Waals surface area contributed by atoms with Gasteiger partial charge in [-0.25, -0.2) is 0 Å². The van der Waals surface area contributed by atoms with E-state index in [1.54, 1.807) is 18.2 Å². The van der Waals surface area contributed by atoms with Gasteiger partial charge in [-0.2, -0.15) is 0 Å². The van der Waals surface area contributed by atoms with E-state index in [-0.39, 0.29) is 24.5 Å². The van der Waals surface area contributed by atoms with Crippen molar-refractivity contribution in [2.75, 3.05) is 0 Å². The molecule has 0 heterocycles. The van der Waals surface area contributed by atoms with Crippen LogP contribution < -0.4 is 0 Å². The third-order valence-corrected chi connectivity index (χ3v) is 3.87. The molecule has 1 N–H and O–H groups in total. The van der Waals surface area contributed by atoms with Gasteiger partial charge in [-0.15, -0.1) is 0 Å². The Hall–Kier alpha value is -2.95. The lowest BCUT2D eigenvalue weighted by Gasteiger charge is -2.18. The highest BCUT2D eigenvalue weighted by atomic mass is 16.7. The summed E-state index contributed by atoms with van der Waals surface area (Å²) in [6.07, 6.45) is -1.11. The molecule has 26 heavy (non-hydrogen) atoms. The number of hydrogen-bond acceptors (Lipinski definition) is 4. The van der Waals surface area contributed by atoms with Gasteiger partial charge in [0.1, 0.15) is 5.75 Å². The standard InChI is InChI=1S/C22H20O4/c23-20-14-8-7-13-19(20)21(24)22(25-15-17-9-3-1-4-10-17)26-16-18-11-5-2-6-12-18/h1-14,22-23H,15-16H2. The van der Waals surface area contributed by atoms with E-state index in [4.69, 9.17) is 9.47 Å². The van der Waals surface area contributed by atoms with Crippen LogP contribution >= 0.6 is 0 Å². The SMILES string of the molecule is O=C(c1ccccc1O)C(OCc1ccccc1)OCc1ccccc1. The first-order valence-electron chi connectivity index (χ1n) is 8.37. The first-order valence-corrected chi connectivity index (χ1v) is 8.37. The van der Waals surface area contributed by atoms with Gasteiger partial charge in [0.05, 0.1) is 18.8 Å². The summed E-state index contributed by atoms with van der Waals surface area (Å²) in [6.45, 7) is 0.471. The first-order chi connectivity index (χ1) is 12.7. The van der Waals surface area contributed by atoms with E-state index < -0.39 is 12.1 Å². The van der Waals surface area contributed by atoms with Crippen molar-refractivity contribution in [1.29, 1.82) is 0 Å². The predicted molar refractivity (Wildman–Crippen MR) is 98.7 cm³/mol. The molecule has 0 saturated heterocycles. The van der Waals surface area contributed by atoms with E-state index in [1.807, 2.05) is 60.7 Å². The largest absolute Gasteiger partial charge is 0.507 e. The average Bonchev–Trinajstić information content (AvgIpc) is 2.69. The van der Waals surface area contributed by atoms with Gasteiger partial charge in [0, 0.05) is 0 Å². The highest BCUT2D eigenvalue weighted by Gasteiger charge is 2.24. The number of hydrogen-bond donors (Lipinski definition) is 1. The van der Waals surface area contributed by atoms with Crippen LogP contribution in [-0.2, 0) is 22.7 Å². The normalized spacial score (nSPS) is 10.8. The van der Waals surface area contributed by atoms with Gasteiger partial charge in [-0.05, 0) is 23.3 Å². The molecule has 0 aromatic heterocycles. The van der Waals surface area contributed by atoms with Gasteiger partial charge in [0.2, 0.25) is 12.1 Å². The molecule has 4 heteroatoms. The molecular formula is C22H20O4. The van der Waals surface area contributed by atoms with E-state index in [9.17, 15) is 9.90 Å². The molecule has 0 aliphatic carbocycles. The van der Waals surface area contributed by atoms with Crippen molar-refractivity contribution in [3.05, 3.63) is 102 Å². The van der Waals surface area contributed by atoms with Crippen molar-refractivity contribution in [1.82, 2.24) is 0 Å². The summed E-state index contributed by atoms with van der Waals surface area (Å²) in [4.78, 5) is 12.8. The number of phenolic OH excluding ortho intramolecular Hbond substituents is 1. The summed E-state index contributed by atoms with van der Waals surface area (Å²) in [5.41, 5.74) is 2.05. The van der Waals surface area contributed by atoms with Crippen LogP contribution in [-0.4, -0.2) is 17.2 Å². The van der Waals surface area contributed by atoms with Crippen molar-refractivity contribution < 1.29 is 19.4 Å². The fourth-order valence-electron chi connectivity index (χ4n) is 2.50. The lowest BCUT2D eigenvalue weighted by atomic mass is 10.1. The first kappa shape index (κ1) is 17.9. The van der Waals surface area contributed by atoms with E-state index in [0.29, 0.717) is 0 Å². The van der Waals surface area contributed by atoms with Crippen molar-refractivity contribution in [3.8, 4) is 5.75 Å². The predicted octanol–water partition coefficient (Wildman–Crippen LogP) is 4.33. The van der Waals surface area contributed by atoms with Crippen LogP contribution in [0.3, 0.4) is 0 Å². The van der Waals surface area contributed by atoms with Gasteiger partial charge < -0.3 is 14.6 Å². The van der Waals surface area contributed by atoms with E-state index in [1.165, 1.54) is 6.07 Å². The number of ketones is 1. The fraction of sp³-hybridized carbons (Fsp3) is 0.136. The van der Waals surface area contributed by atoms with Crippen LogP contribution in [0.15, 0.2) is 84.9 Å². The van der Waals surface area contributed by atoms with Gasteiger partial charge in [0.25, 0.3) is 0 Å². The summed E-state index contributed by atoms with van der Waals surface area (Å²) in [6, 6.07) is 25.5. The number of rotatable bonds is 8. The summed E-state index contributed by atoms with van der Waals surface area (Å²) in [7, 11) is 0. The molecule has 132 valence electrons. The molecule has 3 aromatic rings. The number of Topliss-reactive ketones (excluding diaryl/α,β-unsaturated/α-hetero) is 1. The maximum absolute atomic E-state index is 12.8. The zero-order chi connectivity index (χ0) is 18.2. The average molecular weight is 348 g/mol. The fourth-order valence-corrected chi connectivity index (χ4v) is 2.50. The number of aromatic hydroxyl groups is 1. The lowest BCUT2D eigenvalue weighted by Crippen LogP contribution is -2.27. The molecule has 0 amide bonds. The molecule has 0 aliphatic heterocycles. The van der Waals surface area contributed by atoms with E-state index in [0.717, 1.165) is 11.1 Å². The molecule has 0 spiro atoms. The second-order valence-corrected chi connectivity index (χ2v) is 5.81. The minimum absolute atomic E-state index is 0.0888. The minimum Gasteiger partial charge on any atom is -0.507 e. The van der Waals surface area contributed by atoms with E-state index in [2.05, 4.69) is 0 Å². The second kappa shape index (κ2) is 8.94. The Bertz CT molecular complexity index is 788. The molecule has 0 bridgehead atoms. The zero-order valence-corrected chi connectivity index (χ0v) is 14.2. The van der Waals surface area contributed by atoms with Crippen molar-refractivity contribution in [3.63, 3.8) is 0 Å². The number of carbonyl (C=O) groups excluding carboxylic acids is 1. The summed E-state index contributed by atoms with van der Waals surface area (Å²) >= 11 is 0. The van der Waals surface area contributed by atoms with Gasteiger partial charge in [0.15, 0.2) is 0 Å². The van der Waals surface area contributed by atoms with E-state index >= 15 is 0 Å². The maximum Gasteiger partial charge on any atom is 0.223 e. The number of phenols is 1. The molecule has 0 unspecified atom stereocenters. The number of para-hydroxylation sites is 1. The Morgan fingerprint density at radius 1 is 0.731 bits per heavy atom. The highest BCUT2D eigenvalue weighted by molar-refractivity contribution is 6.00. The summed E-state index contributed by atoms with van der Waals surface area (Å²) in [5.74, 6) is -0.496. The molecular weight excluding hydrogens is 328 g/mol. The van der Waals surface area contributed by atoms with Gasteiger partial charge >= 0.3 is 0 Å². The molecule has 0 saturated carbocycles. The Balaban J connectivity index is 1.74. The van der Waals surface area contributed by atoms with Gasteiger partial charge in [-0.3, -0.25) is 4.79 Å². The Morgan fingerprint density at radius 3 is 1.69 bits per heavy atom. The molecule has 0 fully saturated rings. The smallest absolute Gasteiger partial charge is 0.223 e. The molecule has 4 nitrogen and oxygen atoms in total. The van der Waals surface area contributed by atoms with Crippen LogP contribution in [0.5, 0.6) is 5.75 Å². The molecule has 0 radical (unpaired) electrons. The Kier molecular flexibility index (Phi) is 6.14. The summed E-state index contributed by atoms with van der Waals surface area (Å²) in [5, 5.41) is 9.97. The van der Waals surface area contributed by atoms with Crippen LogP contribution in [0.4, 0.5) is 0 Å². The van der Waals surface area contributed by atoms with Crippen LogP contribution in [0, 0.1) is 0 Å². The monoisotopic (exact) mass is 348 g/mol. The molecule has 0 atom stereocenters. The van der Waals surface area contributed by atoms with Crippen molar-refractivity contribution in [2.24, 2.45) is 0 Å². The zero-order valence-electron chi connectivity index (χ0n) is 14.2. The molecule has 3 rings (SSSR count). The van der Waals surface area contributed by atoms with Crippen molar-refractivity contribution >= 4 is 5.78 Å². The number of ether oxygens (including phenoxy) is 2. The van der Waals surface area contributed by atoms with Crippen LogP contribution in [0.2, 0.25) is 0 Å². The lowest BCUT2D eigenvalue weighted by molar-refractivity contribution is -0.128. The maximum atomic E-state index is 12.8. The third-order valence-electron chi connectivity index (χ3n) is 3.87. The molecule has 0 aliphatic rings.